The van der Waals surface area contributed by atoms with Gasteiger partial charge < -0.3 is 15.5 Å². The highest BCUT2D eigenvalue weighted by atomic mass is 32.2. The van der Waals surface area contributed by atoms with E-state index in [1.165, 1.54) is 69.1 Å². The summed E-state index contributed by atoms with van der Waals surface area (Å²) in [6.45, 7) is 8.53. The number of benzene rings is 1. The van der Waals surface area contributed by atoms with Gasteiger partial charge in [0.1, 0.15) is 11.3 Å². The predicted molar refractivity (Wildman–Crippen MR) is 186 cm³/mol. The summed E-state index contributed by atoms with van der Waals surface area (Å²) in [6, 6.07) is 7.98. The van der Waals surface area contributed by atoms with Gasteiger partial charge in [0.15, 0.2) is 6.10 Å². The summed E-state index contributed by atoms with van der Waals surface area (Å²) in [5.41, 5.74) is 9.29. The Morgan fingerprint density at radius 3 is 2.09 bits per heavy atom. The molecule has 10 heteroatoms. The second-order valence-corrected chi connectivity index (χ2v) is 15.1. The maximum absolute atomic E-state index is 13.8. The highest BCUT2D eigenvalue weighted by molar-refractivity contribution is 7.89. The van der Waals surface area contributed by atoms with Crippen LogP contribution in [0.2, 0.25) is 0 Å². The maximum Gasteiger partial charge on any atom is 0.248 e. The van der Waals surface area contributed by atoms with Crippen LogP contribution in [0.15, 0.2) is 41.4 Å². The minimum absolute atomic E-state index is 0.128. The fourth-order valence-electron chi connectivity index (χ4n) is 6.04. The van der Waals surface area contributed by atoms with Gasteiger partial charge in [-0.15, -0.1) is 0 Å². The van der Waals surface area contributed by atoms with E-state index in [9.17, 15) is 13.2 Å². The molecule has 46 heavy (non-hydrogen) atoms. The maximum atomic E-state index is 13.8. The molecule has 1 amide bonds. The van der Waals surface area contributed by atoms with Gasteiger partial charge in [0.2, 0.25) is 15.9 Å². The lowest BCUT2D eigenvalue weighted by atomic mass is 9.98. The molecule has 2 aromatic heterocycles. The number of fused-ring (bicyclic) bond motifs is 1. The number of nitrogens with two attached hydrogens (primary N) is 1. The predicted octanol–water partition coefficient (Wildman–Crippen LogP) is 7.46. The number of aromatic nitrogens is 3. The van der Waals surface area contributed by atoms with E-state index in [1.54, 1.807) is 30.5 Å². The molecule has 0 aliphatic rings. The standard InChI is InChI=1S/C36H57N5O4S/c1-6-7-8-9-10-11-12-13-14-15-16-17-24-45-35(36(37)42)33(25-27(2)3)41(5)46(43,44)30-20-18-29(19-21-30)26-32-34-31(22-23-38-32)39-28(4)40-34/h18-23,27,33,35H,6-17,24-26H2,1-5H3,(H2,37,42)(H,39,40)/t33-,35?/m0/s1. The lowest BCUT2D eigenvalue weighted by molar-refractivity contribution is -0.133. The van der Waals surface area contributed by atoms with Crippen LogP contribution in [0.4, 0.5) is 0 Å². The molecule has 0 fully saturated rings. The number of hydrogen-bond donors (Lipinski definition) is 2. The molecule has 256 valence electrons. The van der Waals surface area contributed by atoms with Crippen molar-refractivity contribution in [2.24, 2.45) is 11.7 Å². The Morgan fingerprint density at radius 1 is 0.935 bits per heavy atom. The summed E-state index contributed by atoms with van der Waals surface area (Å²) in [6.07, 6.45) is 16.4. The van der Waals surface area contributed by atoms with E-state index >= 15 is 0 Å². The number of primary amides is 1. The summed E-state index contributed by atoms with van der Waals surface area (Å²) < 4.78 is 34.9. The number of hydrogen-bond acceptors (Lipinski definition) is 6. The first kappa shape index (κ1) is 37.6. The van der Waals surface area contributed by atoms with Crippen LogP contribution in [0.25, 0.3) is 11.0 Å². The number of unbranched alkanes of at least 4 members (excludes halogenated alkanes) is 11. The molecule has 0 spiro atoms. The number of aryl methyl sites for hydroxylation is 1. The third-order valence-electron chi connectivity index (χ3n) is 8.67. The Kier molecular flexibility index (Phi) is 15.6. The van der Waals surface area contributed by atoms with Crippen molar-refractivity contribution in [3.8, 4) is 0 Å². The number of sulfonamides is 1. The summed E-state index contributed by atoms with van der Waals surface area (Å²) in [7, 11) is -2.41. The highest BCUT2D eigenvalue weighted by Gasteiger charge is 2.37. The smallest absolute Gasteiger partial charge is 0.248 e. The van der Waals surface area contributed by atoms with E-state index in [1.807, 2.05) is 26.8 Å². The van der Waals surface area contributed by atoms with Crippen molar-refractivity contribution >= 4 is 27.0 Å². The largest absolute Gasteiger partial charge is 0.367 e. The summed E-state index contributed by atoms with van der Waals surface area (Å²) in [5, 5.41) is 0. The number of H-pyrrole nitrogens is 1. The van der Waals surface area contributed by atoms with Crippen LogP contribution < -0.4 is 5.73 Å². The number of nitrogens with zero attached hydrogens (tertiary/aromatic N) is 3. The van der Waals surface area contributed by atoms with E-state index in [0.717, 1.165) is 47.4 Å². The van der Waals surface area contributed by atoms with Gasteiger partial charge in [0.25, 0.3) is 0 Å². The number of likely N-dealkylation sites (N-methyl/N-ethyl adjacent to an activating group) is 1. The molecule has 0 saturated heterocycles. The molecule has 0 radical (unpaired) electrons. The lowest BCUT2D eigenvalue weighted by Crippen LogP contribution is -2.51. The van der Waals surface area contributed by atoms with Crippen LogP contribution in [-0.4, -0.2) is 59.4 Å². The molecule has 0 aliphatic heterocycles. The van der Waals surface area contributed by atoms with Gasteiger partial charge in [-0.05, 0) is 49.4 Å². The van der Waals surface area contributed by atoms with Crippen LogP contribution in [0.5, 0.6) is 0 Å². The number of pyridine rings is 1. The minimum Gasteiger partial charge on any atom is -0.367 e. The van der Waals surface area contributed by atoms with Crippen molar-refractivity contribution in [2.75, 3.05) is 13.7 Å². The third-order valence-corrected chi connectivity index (χ3v) is 10.6. The number of aromatic amines is 1. The number of amides is 1. The molecule has 0 aliphatic carbocycles. The Bertz CT molecular complexity index is 1440. The Labute approximate surface area is 277 Å². The molecule has 1 aromatic carbocycles. The third kappa shape index (κ3) is 11.5. The van der Waals surface area contributed by atoms with Gasteiger partial charge in [-0.25, -0.2) is 13.4 Å². The average Bonchev–Trinajstić information content (AvgIpc) is 3.41. The van der Waals surface area contributed by atoms with E-state index in [4.69, 9.17) is 10.5 Å². The number of nitrogens with one attached hydrogen (secondary N) is 1. The number of ether oxygens (including phenoxy) is 1. The second-order valence-electron chi connectivity index (χ2n) is 13.1. The van der Waals surface area contributed by atoms with Gasteiger partial charge in [-0.3, -0.25) is 9.78 Å². The fourth-order valence-corrected chi connectivity index (χ4v) is 7.41. The molecule has 3 rings (SSSR count). The van der Waals surface area contributed by atoms with Crippen LogP contribution in [-0.2, 0) is 26.0 Å². The Balaban J connectivity index is 1.56. The molecule has 2 atom stereocenters. The highest BCUT2D eigenvalue weighted by Crippen LogP contribution is 2.25. The average molecular weight is 656 g/mol. The van der Waals surface area contributed by atoms with Gasteiger partial charge in [-0.1, -0.05) is 104 Å². The molecule has 3 aromatic rings. The molecular weight excluding hydrogens is 598 g/mol. The first-order valence-electron chi connectivity index (χ1n) is 17.3. The van der Waals surface area contributed by atoms with Crippen LogP contribution in [0, 0.1) is 12.8 Å². The van der Waals surface area contributed by atoms with Crippen molar-refractivity contribution in [1.82, 2.24) is 19.3 Å². The van der Waals surface area contributed by atoms with Crippen molar-refractivity contribution in [3.63, 3.8) is 0 Å². The first-order valence-corrected chi connectivity index (χ1v) is 18.8. The van der Waals surface area contributed by atoms with E-state index in [-0.39, 0.29) is 10.8 Å². The lowest BCUT2D eigenvalue weighted by Gasteiger charge is -2.33. The fraction of sp³-hybridized carbons (Fsp3) is 0.639. The molecule has 9 nitrogen and oxygen atoms in total. The number of imidazole rings is 1. The van der Waals surface area contributed by atoms with Gasteiger partial charge in [0, 0.05) is 26.3 Å². The summed E-state index contributed by atoms with van der Waals surface area (Å²) in [4.78, 5) is 25.0. The number of rotatable bonds is 23. The van der Waals surface area contributed by atoms with Gasteiger partial charge >= 0.3 is 0 Å². The monoisotopic (exact) mass is 655 g/mol. The molecule has 1 unspecified atom stereocenters. The quantitative estimate of drug-likeness (QED) is 0.102. The zero-order chi connectivity index (χ0) is 33.5. The van der Waals surface area contributed by atoms with Gasteiger partial charge in [-0.2, -0.15) is 4.31 Å². The van der Waals surface area contributed by atoms with Crippen molar-refractivity contribution < 1.29 is 17.9 Å². The normalized spacial score (nSPS) is 13.5. The van der Waals surface area contributed by atoms with Crippen molar-refractivity contribution in [3.05, 3.63) is 53.6 Å². The van der Waals surface area contributed by atoms with Crippen LogP contribution >= 0.6 is 0 Å². The van der Waals surface area contributed by atoms with Crippen molar-refractivity contribution in [2.45, 2.75) is 135 Å². The van der Waals surface area contributed by atoms with Crippen LogP contribution in [0.1, 0.15) is 121 Å². The Hall–Kier alpha value is -2.82. The molecule has 2 heterocycles. The van der Waals surface area contributed by atoms with E-state index in [2.05, 4.69) is 21.9 Å². The second kappa shape index (κ2) is 19.1. The molecule has 0 saturated carbocycles. The van der Waals surface area contributed by atoms with Crippen molar-refractivity contribution in [1.29, 1.82) is 0 Å². The van der Waals surface area contributed by atoms with Crippen LogP contribution in [0.3, 0.4) is 0 Å². The number of carbonyl (C=O) groups is 1. The zero-order valence-electron chi connectivity index (χ0n) is 28.8. The Morgan fingerprint density at radius 2 is 1.52 bits per heavy atom. The van der Waals surface area contributed by atoms with Gasteiger partial charge in [0.05, 0.1) is 22.1 Å². The molecular formula is C36H57N5O4S. The molecule has 3 N–H and O–H groups in total. The minimum atomic E-state index is -3.93. The first-order chi connectivity index (χ1) is 22.0. The van der Waals surface area contributed by atoms with E-state index in [0.29, 0.717) is 19.4 Å². The molecule has 0 bridgehead atoms. The van der Waals surface area contributed by atoms with E-state index < -0.39 is 28.1 Å². The zero-order valence-corrected chi connectivity index (χ0v) is 29.6. The summed E-state index contributed by atoms with van der Waals surface area (Å²) in [5.74, 6) is 0.303. The SMILES string of the molecule is CCCCCCCCCCCCCCOC(C(N)=O)[C@H](CC(C)C)N(C)S(=O)(=O)c1ccc(Cc2nccc3[nH]c(C)nc23)cc1. The topological polar surface area (TPSA) is 131 Å². The number of carbonyl (C=O) groups excluding carboxylic acids is 1. The summed E-state index contributed by atoms with van der Waals surface area (Å²) >= 11 is 0.